The Morgan fingerprint density at radius 1 is 1.12 bits per heavy atom. The standard InChI is InChI=1S/C15H17N/c1-3-11-16(2)12-14-9-6-8-13-7-4-5-10-15(13)14/h3-10H,1,11-12H2,2H3. The molecule has 2 rings (SSSR count). The molecule has 0 aliphatic rings. The van der Waals surface area contributed by atoms with E-state index in [1.165, 1.54) is 16.3 Å². The Labute approximate surface area is 97.0 Å². The van der Waals surface area contributed by atoms with Gasteiger partial charge in [0.2, 0.25) is 0 Å². The van der Waals surface area contributed by atoms with Crippen LogP contribution in [0, 0.1) is 0 Å². The van der Waals surface area contributed by atoms with E-state index >= 15 is 0 Å². The first-order chi connectivity index (χ1) is 7.81. The lowest BCUT2D eigenvalue weighted by atomic mass is 10.0. The van der Waals surface area contributed by atoms with E-state index in [0.29, 0.717) is 0 Å². The van der Waals surface area contributed by atoms with E-state index < -0.39 is 0 Å². The molecule has 2 aromatic rings. The normalized spacial score (nSPS) is 10.9. The van der Waals surface area contributed by atoms with Gasteiger partial charge in [-0.3, -0.25) is 4.90 Å². The van der Waals surface area contributed by atoms with Crippen LogP contribution in [-0.2, 0) is 6.54 Å². The number of hydrogen-bond acceptors (Lipinski definition) is 1. The molecule has 0 N–H and O–H groups in total. The van der Waals surface area contributed by atoms with E-state index in [0.717, 1.165) is 13.1 Å². The predicted octanol–water partition coefficient (Wildman–Crippen LogP) is 3.46. The van der Waals surface area contributed by atoms with E-state index in [9.17, 15) is 0 Å². The molecule has 0 atom stereocenters. The van der Waals surface area contributed by atoms with Crippen LogP contribution in [-0.4, -0.2) is 18.5 Å². The third-order valence-corrected chi connectivity index (χ3v) is 2.76. The third-order valence-electron chi connectivity index (χ3n) is 2.76. The second kappa shape index (κ2) is 4.95. The summed E-state index contributed by atoms with van der Waals surface area (Å²) in [5.41, 5.74) is 1.38. The minimum absolute atomic E-state index is 0.920. The monoisotopic (exact) mass is 211 g/mol. The van der Waals surface area contributed by atoms with Gasteiger partial charge in [0.05, 0.1) is 0 Å². The highest BCUT2D eigenvalue weighted by atomic mass is 15.1. The van der Waals surface area contributed by atoms with Gasteiger partial charge in [0.1, 0.15) is 0 Å². The van der Waals surface area contributed by atoms with Gasteiger partial charge < -0.3 is 0 Å². The van der Waals surface area contributed by atoms with Crippen molar-refractivity contribution in [3.63, 3.8) is 0 Å². The first kappa shape index (κ1) is 10.9. The van der Waals surface area contributed by atoms with Gasteiger partial charge in [-0.25, -0.2) is 0 Å². The molecule has 0 spiro atoms. The summed E-state index contributed by atoms with van der Waals surface area (Å²) in [6.45, 7) is 5.65. The highest BCUT2D eigenvalue weighted by molar-refractivity contribution is 5.85. The second-order valence-electron chi connectivity index (χ2n) is 4.12. The Hall–Kier alpha value is -1.60. The Morgan fingerprint density at radius 2 is 1.88 bits per heavy atom. The Morgan fingerprint density at radius 3 is 2.69 bits per heavy atom. The molecule has 1 heteroatoms. The smallest absolute Gasteiger partial charge is 0.0240 e. The highest BCUT2D eigenvalue weighted by Crippen LogP contribution is 2.19. The summed E-state index contributed by atoms with van der Waals surface area (Å²) in [7, 11) is 2.11. The zero-order valence-electron chi connectivity index (χ0n) is 9.69. The second-order valence-corrected chi connectivity index (χ2v) is 4.12. The number of hydrogen-bond donors (Lipinski definition) is 0. The van der Waals surface area contributed by atoms with E-state index in [1.54, 1.807) is 0 Å². The summed E-state index contributed by atoms with van der Waals surface area (Å²) in [5.74, 6) is 0. The molecule has 0 saturated carbocycles. The molecule has 0 fully saturated rings. The van der Waals surface area contributed by atoms with Gasteiger partial charge in [0.15, 0.2) is 0 Å². The summed E-state index contributed by atoms with van der Waals surface area (Å²) >= 11 is 0. The van der Waals surface area contributed by atoms with Crippen molar-refractivity contribution in [2.24, 2.45) is 0 Å². The van der Waals surface area contributed by atoms with Crippen LogP contribution in [0.2, 0.25) is 0 Å². The molecule has 0 aromatic heterocycles. The van der Waals surface area contributed by atoms with Crippen LogP contribution in [0.1, 0.15) is 5.56 Å². The van der Waals surface area contributed by atoms with Crippen LogP contribution in [0.25, 0.3) is 10.8 Å². The molecule has 1 nitrogen and oxygen atoms in total. The molecular formula is C15H17N. The van der Waals surface area contributed by atoms with Crippen LogP contribution < -0.4 is 0 Å². The molecular weight excluding hydrogens is 194 g/mol. The lowest BCUT2D eigenvalue weighted by Gasteiger charge is -2.15. The molecule has 0 unspecified atom stereocenters. The van der Waals surface area contributed by atoms with Gasteiger partial charge in [-0.05, 0) is 23.4 Å². The number of benzene rings is 2. The molecule has 0 radical (unpaired) electrons. The van der Waals surface area contributed by atoms with Crippen molar-refractivity contribution in [3.05, 3.63) is 60.7 Å². The number of fused-ring (bicyclic) bond motifs is 1. The Balaban J connectivity index is 2.33. The SMILES string of the molecule is C=CCN(C)Cc1cccc2ccccc12. The maximum Gasteiger partial charge on any atom is 0.0240 e. The van der Waals surface area contributed by atoms with Crippen molar-refractivity contribution in [2.75, 3.05) is 13.6 Å². The lowest BCUT2D eigenvalue weighted by molar-refractivity contribution is 0.365. The van der Waals surface area contributed by atoms with E-state index in [-0.39, 0.29) is 0 Å². The van der Waals surface area contributed by atoms with Crippen LogP contribution in [0.15, 0.2) is 55.1 Å². The van der Waals surface area contributed by atoms with E-state index in [1.807, 2.05) is 6.08 Å². The van der Waals surface area contributed by atoms with Crippen LogP contribution >= 0.6 is 0 Å². The van der Waals surface area contributed by atoms with Gasteiger partial charge in [0, 0.05) is 13.1 Å². The van der Waals surface area contributed by atoms with Gasteiger partial charge in [-0.2, -0.15) is 0 Å². The number of nitrogens with zero attached hydrogens (tertiary/aromatic N) is 1. The van der Waals surface area contributed by atoms with Crippen molar-refractivity contribution in [3.8, 4) is 0 Å². The zero-order valence-corrected chi connectivity index (χ0v) is 9.69. The summed E-state index contributed by atoms with van der Waals surface area (Å²) in [6.07, 6.45) is 1.94. The number of likely N-dealkylation sites (N-methyl/N-ethyl adjacent to an activating group) is 1. The molecule has 16 heavy (non-hydrogen) atoms. The fraction of sp³-hybridized carbons (Fsp3) is 0.200. The predicted molar refractivity (Wildman–Crippen MR) is 70.5 cm³/mol. The van der Waals surface area contributed by atoms with Crippen molar-refractivity contribution in [1.82, 2.24) is 4.90 Å². The third kappa shape index (κ3) is 2.31. The fourth-order valence-electron chi connectivity index (χ4n) is 2.01. The molecule has 0 heterocycles. The molecule has 0 amide bonds. The maximum absolute atomic E-state index is 3.76. The Kier molecular flexibility index (Phi) is 3.37. The Bertz CT molecular complexity index is 482. The topological polar surface area (TPSA) is 3.24 Å². The molecule has 0 saturated heterocycles. The van der Waals surface area contributed by atoms with Gasteiger partial charge in [-0.1, -0.05) is 48.5 Å². The lowest BCUT2D eigenvalue weighted by Crippen LogP contribution is -2.17. The van der Waals surface area contributed by atoms with Crippen LogP contribution in [0.3, 0.4) is 0 Å². The van der Waals surface area contributed by atoms with Crippen LogP contribution in [0.4, 0.5) is 0 Å². The quantitative estimate of drug-likeness (QED) is 0.700. The van der Waals surface area contributed by atoms with Crippen molar-refractivity contribution < 1.29 is 0 Å². The number of rotatable bonds is 4. The van der Waals surface area contributed by atoms with Crippen molar-refractivity contribution in [2.45, 2.75) is 6.54 Å². The molecule has 82 valence electrons. The first-order valence-corrected chi connectivity index (χ1v) is 5.57. The van der Waals surface area contributed by atoms with E-state index in [4.69, 9.17) is 0 Å². The molecule has 0 aliphatic heterocycles. The molecule has 0 bridgehead atoms. The average molecular weight is 211 g/mol. The first-order valence-electron chi connectivity index (χ1n) is 5.57. The van der Waals surface area contributed by atoms with Crippen LogP contribution in [0.5, 0.6) is 0 Å². The summed E-state index contributed by atoms with van der Waals surface area (Å²) < 4.78 is 0. The van der Waals surface area contributed by atoms with Gasteiger partial charge in [-0.15, -0.1) is 6.58 Å². The minimum atomic E-state index is 0.920. The van der Waals surface area contributed by atoms with Crippen molar-refractivity contribution in [1.29, 1.82) is 0 Å². The van der Waals surface area contributed by atoms with Gasteiger partial charge in [0.25, 0.3) is 0 Å². The average Bonchev–Trinajstić information content (AvgIpc) is 2.30. The molecule has 2 aromatic carbocycles. The fourth-order valence-corrected chi connectivity index (χ4v) is 2.01. The van der Waals surface area contributed by atoms with Crippen molar-refractivity contribution >= 4 is 10.8 Å². The zero-order chi connectivity index (χ0) is 11.4. The highest BCUT2D eigenvalue weighted by Gasteiger charge is 2.02. The van der Waals surface area contributed by atoms with E-state index in [2.05, 4.69) is 61.0 Å². The minimum Gasteiger partial charge on any atom is -0.298 e. The summed E-state index contributed by atoms with van der Waals surface area (Å²) in [4.78, 5) is 2.26. The molecule has 0 aliphatic carbocycles. The summed E-state index contributed by atoms with van der Waals surface area (Å²) in [5, 5.41) is 2.66. The largest absolute Gasteiger partial charge is 0.298 e. The maximum atomic E-state index is 3.76. The van der Waals surface area contributed by atoms with Gasteiger partial charge >= 0.3 is 0 Å². The summed E-state index contributed by atoms with van der Waals surface area (Å²) in [6, 6.07) is 15.0.